The second kappa shape index (κ2) is 9.04. The Balaban J connectivity index is 1.79. The normalized spacial score (nSPS) is 17.4. The van der Waals surface area contributed by atoms with E-state index >= 15 is 0 Å². The first-order valence-electron chi connectivity index (χ1n) is 9.25. The number of benzene rings is 1. The zero-order valence-electron chi connectivity index (χ0n) is 15.8. The molecule has 1 saturated heterocycles. The lowest BCUT2D eigenvalue weighted by Gasteiger charge is -2.34. The standard InChI is InChI=1S/C20H31BrN2O2/c1-5-18(16-7-6-8-17(21)13-16)22-14-15-9-11-23(12-10-15)19(24)25-20(2,3)4/h6-8,13,15,18,22H,5,9-12,14H2,1-4H3. The molecule has 1 aliphatic rings. The Labute approximate surface area is 160 Å². The van der Waals surface area contributed by atoms with Crippen LogP contribution in [-0.2, 0) is 4.74 Å². The van der Waals surface area contributed by atoms with Gasteiger partial charge in [-0.05, 0) is 70.2 Å². The molecule has 5 heteroatoms. The van der Waals surface area contributed by atoms with Crippen molar-refractivity contribution in [3.05, 3.63) is 34.3 Å². The minimum atomic E-state index is -0.423. The number of halogens is 1. The van der Waals surface area contributed by atoms with Gasteiger partial charge in [-0.1, -0.05) is 35.0 Å². The molecule has 1 N–H and O–H groups in total. The average Bonchev–Trinajstić information content (AvgIpc) is 2.54. The predicted octanol–water partition coefficient (Wildman–Crippen LogP) is 5.14. The molecular weight excluding hydrogens is 380 g/mol. The van der Waals surface area contributed by atoms with E-state index in [9.17, 15) is 4.79 Å². The van der Waals surface area contributed by atoms with Crippen molar-refractivity contribution in [1.29, 1.82) is 0 Å². The van der Waals surface area contributed by atoms with E-state index in [1.54, 1.807) is 0 Å². The minimum Gasteiger partial charge on any atom is -0.444 e. The number of nitrogens with zero attached hydrogens (tertiary/aromatic N) is 1. The fraction of sp³-hybridized carbons (Fsp3) is 0.650. The maximum absolute atomic E-state index is 12.1. The van der Waals surface area contributed by atoms with Gasteiger partial charge in [0.25, 0.3) is 0 Å². The summed E-state index contributed by atoms with van der Waals surface area (Å²) < 4.78 is 6.59. The number of nitrogens with one attached hydrogen (secondary N) is 1. The number of amides is 1. The van der Waals surface area contributed by atoms with Gasteiger partial charge in [-0.3, -0.25) is 0 Å². The first-order chi connectivity index (χ1) is 11.8. The van der Waals surface area contributed by atoms with Crippen molar-refractivity contribution < 1.29 is 9.53 Å². The molecule has 4 nitrogen and oxygen atoms in total. The molecule has 0 bridgehead atoms. The van der Waals surface area contributed by atoms with E-state index in [-0.39, 0.29) is 6.09 Å². The predicted molar refractivity (Wildman–Crippen MR) is 106 cm³/mol. The van der Waals surface area contributed by atoms with Gasteiger partial charge in [0.2, 0.25) is 0 Å². The second-order valence-electron chi connectivity index (χ2n) is 7.83. The van der Waals surface area contributed by atoms with Crippen molar-refractivity contribution in [3.8, 4) is 0 Å². The number of likely N-dealkylation sites (tertiary alicyclic amines) is 1. The van der Waals surface area contributed by atoms with Crippen molar-refractivity contribution in [2.75, 3.05) is 19.6 Å². The zero-order valence-corrected chi connectivity index (χ0v) is 17.4. The van der Waals surface area contributed by atoms with Crippen LogP contribution in [0.1, 0.15) is 58.6 Å². The third-order valence-corrected chi connectivity index (χ3v) is 5.07. The van der Waals surface area contributed by atoms with Crippen LogP contribution in [0.25, 0.3) is 0 Å². The van der Waals surface area contributed by atoms with Crippen LogP contribution in [0.3, 0.4) is 0 Å². The summed E-state index contributed by atoms with van der Waals surface area (Å²) in [6, 6.07) is 8.89. The van der Waals surface area contributed by atoms with Gasteiger partial charge in [-0.2, -0.15) is 0 Å². The second-order valence-corrected chi connectivity index (χ2v) is 8.75. The number of carbonyl (C=O) groups is 1. The number of hydrogen-bond acceptors (Lipinski definition) is 3. The van der Waals surface area contributed by atoms with E-state index in [0.717, 1.165) is 43.4 Å². The molecule has 1 aromatic rings. The first-order valence-corrected chi connectivity index (χ1v) is 10.0. The highest BCUT2D eigenvalue weighted by Crippen LogP contribution is 2.23. The van der Waals surface area contributed by atoms with Crippen LogP contribution in [0.5, 0.6) is 0 Å². The maximum Gasteiger partial charge on any atom is 0.410 e. The summed E-state index contributed by atoms with van der Waals surface area (Å²) in [5, 5.41) is 3.71. The molecular formula is C20H31BrN2O2. The SMILES string of the molecule is CCC(NCC1CCN(C(=O)OC(C)(C)C)CC1)c1cccc(Br)c1. The maximum atomic E-state index is 12.1. The number of carbonyl (C=O) groups excluding carboxylic acids is 1. The largest absolute Gasteiger partial charge is 0.444 e. The van der Waals surface area contributed by atoms with Gasteiger partial charge >= 0.3 is 6.09 Å². The van der Waals surface area contributed by atoms with Crippen molar-refractivity contribution in [1.82, 2.24) is 10.2 Å². The fourth-order valence-corrected chi connectivity index (χ4v) is 3.59. The molecule has 1 fully saturated rings. The Kier molecular flexibility index (Phi) is 7.32. The lowest BCUT2D eigenvalue weighted by atomic mass is 9.95. The summed E-state index contributed by atoms with van der Waals surface area (Å²) in [5.74, 6) is 0.611. The molecule has 1 aromatic carbocycles. The zero-order chi connectivity index (χ0) is 18.4. The summed E-state index contributed by atoms with van der Waals surface area (Å²) in [4.78, 5) is 14.0. The number of rotatable bonds is 5. The molecule has 1 aliphatic heterocycles. The summed E-state index contributed by atoms with van der Waals surface area (Å²) >= 11 is 3.55. The summed E-state index contributed by atoms with van der Waals surface area (Å²) in [5.41, 5.74) is 0.899. The molecule has 0 saturated carbocycles. The molecule has 0 aliphatic carbocycles. The molecule has 25 heavy (non-hydrogen) atoms. The Hall–Kier alpha value is -1.07. The number of piperidine rings is 1. The average molecular weight is 411 g/mol. The Morgan fingerprint density at radius 1 is 1.36 bits per heavy atom. The van der Waals surface area contributed by atoms with E-state index < -0.39 is 5.60 Å². The van der Waals surface area contributed by atoms with E-state index in [1.807, 2.05) is 25.7 Å². The summed E-state index contributed by atoms with van der Waals surface area (Å²) in [6.45, 7) is 10.5. The van der Waals surface area contributed by atoms with E-state index in [1.165, 1.54) is 5.56 Å². The van der Waals surface area contributed by atoms with Crippen LogP contribution in [0.4, 0.5) is 4.79 Å². The monoisotopic (exact) mass is 410 g/mol. The van der Waals surface area contributed by atoms with Crippen LogP contribution < -0.4 is 5.32 Å². The quantitative estimate of drug-likeness (QED) is 0.730. The van der Waals surface area contributed by atoms with Crippen molar-refractivity contribution in [3.63, 3.8) is 0 Å². The highest BCUT2D eigenvalue weighted by Gasteiger charge is 2.27. The van der Waals surface area contributed by atoms with E-state index in [0.29, 0.717) is 12.0 Å². The third-order valence-electron chi connectivity index (χ3n) is 4.58. The van der Waals surface area contributed by atoms with Crippen molar-refractivity contribution in [2.24, 2.45) is 5.92 Å². The Morgan fingerprint density at radius 3 is 2.60 bits per heavy atom. The van der Waals surface area contributed by atoms with Gasteiger partial charge in [0.15, 0.2) is 0 Å². The highest BCUT2D eigenvalue weighted by atomic mass is 79.9. The van der Waals surface area contributed by atoms with Crippen LogP contribution >= 0.6 is 15.9 Å². The Bertz CT molecular complexity index is 563. The van der Waals surface area contributed by atoms with E-state index in [4.69, 9.17) is 4.74 Å². The number of hydrogen-bond donors (Lipinski definition) is 1. The smallest absolute Gasteiger partial charge is 0.410 e. The molecule has 1 amide bonds. The lowest BCUT2D eigenvalue weighted by Crippen LogP contribution is -2.43. The molecule has 2 rings (SSSR count). The third kappa shape index (κ3) is 6.63. The lowest BCUT2D eigenvalue weighted by molar-refractivity contribution is 0.0183. The first kappa shape index (κ1) is 20.2. The fourth-order valence-electron chi connectivity index (χ4n) is 3.18. The van der Waals surface area contributed by atoms with Gasteiger partial charge in [0, 0.05) is 23.6 Å². The topological polar surface area (TPSA) is 41.6 Å². The van der Waals surface area contributed by atoms with Crippen LogP contribution in [-0.4, -0.2) is 36.2 Å². The molecule has 0 aromatic heterocycles. The van der Waals surface area contributed by atoms with Crippen LogP contribution in [0.15, 0.2) is 28.7 Å². The van der Waals surface area contributed by atoms with Crippen molar-refractivity contribution >= 4 is 22.0 Å². The molecule has 0 spiro atoms. The molecule has 140 valence electrons. The van der Waals surface area contributed by atoms with Gasteiger partial charge < -0.3 is 15.0 Å². The van der Waals surface area contributed by atoms with Crippen LogP contribution in [0.2, 0.25) is 0 Å². The van der Waals surface area contributed by atoms with E-state index in [2.05, 4.69) is 52.4 Å². The van der Waals surface area contributed by atoms with Gasteiger partial charge in [-0.25, -0.2) is 4.79 Å². The minimum absolute atomic E-state index is 0.181. The molecule has 1 heterocycles. The summed E-state index contributed by atoms with van der Waals surface area (Å²) in [7, 11) is 0. The van der Waals surface area contributed by atoms with Gasteiger partial charge in [-0.15, -0.1) is 0 Å². The molecule has 1 atom stereocenters. The van der Waals surface area contributed by atoms with Crippen LogP contribution in [0, 0.1) is 5.92 Å². The molecule has 1 unspecified atom stereocenters. The van der Waals surface area contributed by atoms with Gasteiger partial charge in [0.05, 0.1) is 0 Å². The summed E-state index contributed by atoms with van der Waals surface area (Å²) in [6.07, 6.45) is 2.94. The number of ether oxygens (including phenoxy) is 1. The van der Waals surface area contributed by atoms with Gasteiger partial charge in [0.1, 0.15) is 5.60 Å². The highest BCUT2D eigenvalue weighted by molar-refractivity contribution is 9.10. The van der Waals surface area contributed by atoms with Crippen molar-refractivity contribution in [2.45, 2.75) is 58.6 Å². The molecule has 0 radical (unpaired) electrons. The Morgan fingerprint density at radius 2 is 2.04 bits per heavy atom.